The third-order valence-corrected chi connectivity index (χ3v) is 3.38. The maximum Gasteiger partial charge on any atom is 0.194 e. The van der Waals surface area contributed by atoms with Crippen molar-refractivity contribution in [3.8, 4) is 11.3 Å². The predicted octanol–water partition coefficient (Wildman–Crippen LogP) is 3.30. The second-order valence-electron chi connectivity index (χ2n) is 4.57. The second kappa shape index (κ2) is 8.12. The van der Waals surface area contributed by atoms with E-state index in [1.54, 1.807) is 25.4 Å². The summed E-state index contributed by atoms with van der Waals surface area (Å²) in [6, 6.07) is 4.62. The summed E-state index contributed by atoms with van der Waals surface area (Å²) in [5, 5.41) is 3.30. The van der Waals surface area contributed by atoms with Crippen LogP contribution in [0.15, 0.2) is 28.8 Å². The van der Waals surface area contributed by atoms with Crippen molar-refractivity contribution >= 4 is 11.6 Å². The topological polar surface area (TPSA) is 47.3 Å². The Labute approximate surface area is 128 Å². The van der Waals surface area contributed by atoms with Crippen molar-refractivity contribution in [1.29, 1.82) is 0 Å². The maximum absolute atomic E-state index is 13.4. The number of nitrogens with zero attached hydrogens (tertiary/aromatic N) is 1. The Balaban J connectivity index is 1.88. The van der Waals surface area contributed by atoms with E-state index in [0.717, 1.165) is 19.5 Å². The molecule has 1 aromatic carbocycles. The van der Waals surface area contributed by atoms with Crippen molar-refractivity contribution in [1.82, 2.24) is 10.3 Å². The minimum atomic E-state index is -0.463. The van der Waals surface area contributed by atoms with Gasteiger partial charge in [0.2, 0.25) is 0 Å². The number of hydrogen-bond acceptors (Lipinski definition) is 4. The van der Waals surface area contributed by atoms with Gasteiger partial charge in [-0.15, -0.1) is 0 Å². The number of halogens is 2. The first kappa shape index (κ1) is 15.9. The molecule has 0 saturated heterocycles. The normalized spacial score (nSPS) is 11.0. The van der Waals surface area contributed by atoms with Crippen LogP contribution in [-0.4, -0.2) is 31.8 Å². The first-order valence-corrected chi connectivity index (χ1v) is 7.19. The Morgan fingerprint density at radius 3 is 3.05 bits per heavy atom. The van der Waals surface area contributed by atoms with Crippen molar-refractivity contribution in [2.75, 3.05) is 26.8 Å². The van der Waals surface area contributed by atoms with Crippen LogP contribution in [0.1, 0.15) is 12.3 Å². The Morgan fingerprint density at radius 2 is 2.24 bits per heavy atom. The van der Waals surface area contributed by atoms with Crippen molar-refractivity contribution < 1.29 is 13.5 Å². The lowest BCUT2D eigenvalue weighted by Gasteiger charge is -2.02. The molecule has 0 bridgehead atoms. The number of benzene rings is 1. The summed E-state index contributed by atoms with van der Waals surface area (Å²) in [7, 11) is 1.67. The molecule has 0 atom stereocenters. The molecule has 0 radical (unpaired) electrons. The molecule has 6 heteroatoms. The zero-order valence-electron chi connectivity index (χ0n) is 11.9. The molecule has 21 heavy (non-hydrogen) atoms. The van der Waals surface area contributed by atoms with Crippen LogP contribution in [0.3, 0.4) is 0 Å². The standard InChI is InChI=1S/C15H18ClFN2O2/c1-20-9-8-18-7-3-6-14-19-10-13(21-14)11-4-2-5-12(17)15(11)16/h2,4-5,10,18H,3,6-9H2,1H3. The molecule has 4 nitrogen and oxygen atoms in total. The highest BCUT2D eigenvalue weighted by atomic mass is 35.5. The predicted molar refractivity (Wildman–Crippen MR) is 80.0 cm³/mol. The summed E-state index contributed by atoms with van der Waals surface area (Å²) in [5.74, 6) is 0.648. The van der Waals surface area contributed by atoms with Gasteiger partial charge >= 0.3 is 0 Å². The van der Waals surface area contributed by atoms with E-state index in [9.17, 15) is 4.39 Å². The number of rotatable bonds is 8. The van der Waals surface area contributed by atoms with E-state index in [1.165, 1.54) is 6.07 Å². The van der Waals surface area contributed by atoms with Gasteiger partial charge in [-0.1, -0.05) is 17.7 Å². The van der Waals surface area contributed by atoms with E-state index in [2.05, 4.69) is 10.3 Å². The SMILES string of the molecule is COCCNCCCc1ncc(-c2cccc(F)c2Cl)o1. The molecule has 0 saturated carbocycles. The molecule has 1 heterocycles. The van der Waals surface area contributed by atoms with E-state index < -0.39 is 5.82 Å². The van der Waals surface area contributed by atoms with Gasteiger partial charge in [-0.25, -0.2) is 9.37 Å². The molecule has 0 aliphatic heterocycles. The van der Waals surface area contributed by atoms with Crippen LogP contribution in [-0.2, 0) is 11.2 Å². The van der Waals surface area contributed by atoms with Gasteiger partial charge in [0.15, 0.2) is 11.7 Å². The molecule has 0 spiro atoms. The van der Waals surface area contributed by atoms with Crippen LogP contribution in [0.25, 0.3) is 11.3 Å². The Hall–Kier alpha value is -1.43. The average molecular weight is 313 g/mol. The summed E-state index contributed by atoms with van der Waals surface area (Å²) in [4.78, 5) is 4.20. The summed E-state index contributed by atoms with van der Waals surface area (Å²) in [6.45, 7) is 2.38. The third-order valence-electron chi connectivity index (χ3n) is 3.00. The van der Waals surface area contributed by atoms with Gasteiger partial charge in [-0.3, -0.25) is 0 Å². The molecule has 0 aliphatic rings. The van der Waals surface area contributed by atoms with E-state index in [4.69, 9.17) is 20.8 Å². The number of nitrogens with one attached hydrogen (secondary N) is 1. The van der Waals surface area contributed by atoms with Gasteiger partial charge in [0, 0.05) is 25.6 Å². The monoisotopic (exact) mass is 312 g/mol. The van der Waals surface area contributed by atoms with E-state index >= 15 is 0 Å². The molecule has 0 aliphatic carbocycles. The fourth-order valence-electron chi connectivity index (χ4n) is 1.91. The fourth-order valence-corrected chi connectivity index (χ4v) is 2.13. The number of aryl methyl sites for hydroxylation is 1. The van der Waals surface area contributed by atoms with Gasteiger partial charge in [0.05, 0.1) is 17.8 Å². The highest BCUT2D eigenvalue weighted by molar-refractivity contribution is 6.33. The smallest absolute Gasteiger partial charge is 0.194 e. The van der Waals surface area contributed by atoms with E-state index in [0.29, 0.717) is 30.2 Å². The Kier molecular flexibility index (Phi) is 6.17. The Morgan fingerprint density at radius 1 is 1.38 bits per heavy atom. The first-order chi connectivity index (χ1) is 10.2. The molecule has 114 valence electrons. The molecule has 0 unspecified atom stereocenters. The van der Waals surface area contributed by atoms with Crippen LogP contribution in [0.4, 0.5) is 4.39 Å². The van der Waals surface area contributed by atoms with E-state index in [1.807, 2.05) is 0 Å². The summed E-state index contributed by atoms with van der Waals surface area (Å²) >= 11 is 5.93. The van der Waals surface area contributed by atoms with Crippen LogP contribution < -0.4 is 5.32 Å². The number of oxazole rings is 1. The van der Waals surface area contributed by atoms with Gasteiger partial charge in [0.25, 0.3) is 0 Å². The van der Waals surface area contributed by atoms with Crippen LogP contribution in [0.2, 0.25) is 5.02 Å². The molecular formula is C15H18ClFN2O2. The number of methoxy groups -OCH3 is 1. The van der Waals surface area contributed by atoms with Gasteiger partial charge in [0.1, 0.15) is 5.82 Å². The molecule has 2 aromatic rings. The first-order valence-electron chi connectivity index (χ1n) is 6.81. The molecule has 0 amide bonds. The number of hydrogen-bond donors (Lipinski definition) is 1. The third kappa shape index (κ3) is 4.52. The minimum Gasteiger partial charge on any atom is -0.441 e. The average Bonchev–Trinajstić information content (AvgIpc) is 2.94. The quantitative estimate of drug-likeness (QED) is 0.760. The summed E-state index contributed by atoms with van der Waals surface area (Å²) in [5.41, 5.74) is 0.522. The highest BCUT2D eigenvalue weighted by Crippen LogP contribution is 2.30. The zero-order valence-corrected chi connectivity index (χ0v) is 12.6. The molecule has 1 aromatic heterocycles. The molecule has 2 rings (SSSR count). The summed E-state index contributed by atoms with van der Waals surface area (Å²) < 4.78 is 24.0. The number of ether oxygens (including phenoxy) is 1. The zero-order chi connectivity index (χ0) is 15.1. The molecule has 1 N–H and O–H groups in total. The lowest BCUT2D eigenvalue weighted by atomic mass is 10.2. The lowest BCUT2D eigenvalue weighted by molar-refractivity contribution is 0.199. The van der Waals surface area contributed by atoms with Gasteiger partial charge in [-0.2, -0.15) is 0 Å². The lowest BCUT2D eigenvalue weighted by Crippen LogP contribution is -2.20. The minimum absolute atomic E-state index is 0.0569. The van der Waals surface area contributed by atoms with Crippen LogP contribution in [0, 0.1) is 5.82 Å². The van der Waals surface area contributed by atoms with Crippen LogP contribution in [0.5, 0.6) is 0 Å². The summed E-state index contributed by atoms with van der Waals surface area (Å²) in [6.07, 6.45) is 3.20. The van der Waals surface area contributed by atoms with Crippen molar-refractivity contribution in [3.63, 3.8) is 0 Å². The van der Waals surface area contributed by atoms with Crippen molar-refractivity contribution in [2.45, 2.75) is 12.8 Å². The van der Waals surface area contributed by atoms with Crippen molar-refractivity contribution in [3.05, 3.63) is 41.1 Å². The largest absolute Gasteiger partial charge is 0.441 e. The van der Waals surface area contributed by atoms with Crippen molar-refractivity contribution in [2.24, 2.45) is 0 Å². The fraction of sp³-hybridized carbons (Fsp3) is 0.400. The Bertz CT molecular complexity index is 575. The molecular weight excluding hydrogens is 295 g/mol. The van der Waals surface area contributed by atoms with Crippen LogP contribution >= 0.6 is 11.6 Å². The molecule has 0 fully saturated rings. The highest BCUT2D eigenvalue weighted by Gasteiger charge is 2.12. The van der Waals surface area contributed by atoms with Gasteiger partial charge in [-0.05, 0) is 25.1 Å². The maximum atomic E-state index is 13.4. The number of aromatic nitrogens is 1. The second-order valence-corrected chi connectivity index (χ2v) is 4.94. The van der Waals surface area contributed by atoms with E-state index in [-0.39, 0.29) is 5.02 Å². The van der Waals surface area contributed by atoms with Gasteiger partial charge < -0.3 is 14.5 Å².